The minimum Gasteiger partial charge on any atom is -0.381 e. The second-order valence-corrected chi connectivity index (χ2v) is 5.14. The lowest BCUT2D eigenvalue weighted by Gasteiger charge is -2.24. The zero-order valence-corrected chi connectivity index (χ0v) is 10.5. The van der Waals surface area contributed by atoms with Gasteiger partial charge in [0, 0.05) is 19.8 Å². The van der Waals surface area contributed by atoms with Crippen LogP contribution in [0.15, 0.2) is 0 Å². The molecule has 2 saturated heterocycles. The Kier molecular flexibility index (Phi) is 5.26. The van der Waals surface area contributed by atoms with Gasteiger partial charge in [0.05, 0.1) is 6.04 Å². The maximum Gasteiger partial charge on any atom is 0.237 e. The molecule has 0 bridgehead atoms. The third-order valence-corrected chi connectivity index (χ3v) is 3.82. The molecule has 2 rings (SSSR count). The average molecular weight is 240 g/mol. The van der Waals surface area contributed by atoms with E-state index < -0.39 is 0 Å². The molecule has 0 radical (unpaired) electrons. The van der Waals surface area contributed by atoms with Crippen LogP contribution in [0.25, 0.3) is 0 Å². The van der Waals surface area contributed by atoms with Crippen LogP contribution in [-0.2, 0) is 9.53 Å². The second-order valence-electron chi connectivity index (χ2n) is 5.14. The van der Waals surface area contributed by atoms with Gasteiger partial charge in [-0.1, -0.05) is 6.42 Å². The van der Waals surface area contributed by atoms with Gasteiger partial charge in [-0.25, -0.2) is 0 Å². The highest BCUT2D eigenvalue weighted by molar-refractivity contribution is 5.81. The summed E-state index contributed by atoms with van der Waals surface area (Å²) in [5.41, 5.74) is 0. The van der Waals surface area contributed by atoms with E-state index in [0.717, 1.165) is 57.9 Å². The molecule has 4 nitrogen and oxygen atoms in total. The summed E-state index contributed by atoms with van der Waals surface area (Å²) in [6, 6.07) is 0.0541. The Balaban J connectivity index is 1.58. The molecule has 98 valence electrons. The number of rotatable bonds is 4. The Bertz CT molecular complexity index is 234. The number of carbonyl (C=O) groups is 1. The minimum absolute atomic E-state index is 0.0541. The first-order valence-electron chi connectivity index (χ1n) is 6.95. The van der Waals surface area contributed by atoms with E-state index in [9.17, 15) is 4.79 Å². The summed E-state index contributed by atoms with van der Waals surface area (Å²) in [5, 5.41) is 6.33. The summed E-state index contributed by atoms with van der Waals surface area (Å²) >= 11 is 0. The minimum atomic E-state index is 0.0541. The molecule has 1 amide bonds. The molecule has 17 heavy (non-hydrogen) atoms. The van der Waals surface area contributed by atoms with Crippen molar-refractivity contribution < 1.29 is 9.53 Å². The number of ether oxygens (including phenoxy) is 1. The van der Waals surface area contributed by atoms with E-state index in [2.05, 4.69) is 10.6 Å². The van der Waals surface area contributed by atoms with Gasteiger partial charge < -0.3 is 15.4 Å². The Labute approximate surface area is 103 Å². The Morgan fingerprint density at radius 2 is 2.06 bits per heavy atom. The zero-order valence-electron chi connectivity index (χ0n) is 10.5. The van der Waals surface area contributed by atoms with E-state index in [-0.39, 0.29) is 11.9 Å². The van der Waals surface area contributed by atoms with Crippen molar-refractivity contribution in [3.63, 3.8) is 0 Å². The van der Waals surface area contributed by atoms with Crippen molar-refractivity contribution in [3.8, 4) is 0 Å². The van der Waals surface area contributed by atoms with Crippen molar-refractivity contribution >= 4 is 5.91 Å². The third-order valence-electron chi connectivity index (χ3n) is 3.82. The van der Waals surface area contributed by atoms with E-state index in [1.807, 2.05) is 0 Å². The van der Waals surface area contributed by atoms with Gasteiger partial charge >= 0.3 is 0 Å². The van der Waals surface area contributed by atoms with Crippen LogP contribution in [0, 0.1) is 5.92 Å². The summed E-state index contributed by atoms with van der Waals surface area (Å²) in [6.45, 7) is 3.59. The van der Waals surface area contributed by atoms with Crippen molar-refractivity contribution in [2.45, 2.75) is 44.6 Å². The van der Waals surface area contributed by atoms with Crippen LogP contribution in [0.3, 0.4) is 0 Å². The number of hydrogen-bond acceptors (Lipinski definition) is 3. The molecule has 0 aromatic heterocycles. The lowest BCUT2D eigenvalue weighted by Crippen LogP contribution is -2.47. The topological polar surface area (TPSA) is 50.4 Å². The lowest BCUT2D eigenvalue weighted by molar-refractivity contribution is -0.123. The van der Waals surface area contributed by atoms with Gasteiger partial charge in [-0.05, 0) is 44.6 Å². The molecule has 4 heteroatoms. The largest absolute Gasteiger partial charge is 0.381 e. The fourth-order valence-electron chi connectivity index (χ4n) is 2.63. The van der Waals surface area contributed by atoms with Gasteiger partial charge in [0.1, 0.15) is 0 Å². The maximum absolute atomic E-state index is 11.8. The van der Waals surface area contributed by atoms with Gasteiger partial charge in [0.2, 0.25) is 5.91 Å². The van der Waals surface area contributed by atoms with E-state index in [4.69, 9.17) is 4.74 Å². The van der Waals surface area contributed by atoms with Crippen molar-refractivity contribution in [1.82, 2.24) is 10.6 Å². The van der Waals surface area contributed by atoms with Crippen LogP contribution in [0.1, 0.15) is 38.5 Å². The van der Waals surface area contributed by atoms with Gasteiger partial charge in [0.15, 0.2) is 0 Å². The standard InChI is InChI=1S/C13H24N2O2/c16-13(12-3-1-2-7-14-12)15-8-4-11-5-9-17-10-6-11/h11-12,14H,1-10H2,(H,15,16)/t12-/m1/s1. The second kappa shape index (κ2) is 6.97. The Morgan fingerprint density at radius 3 is 2.76 bits per heavy atom. The highest BCUT2D eigenvalue weighted by Crippen LogP contribution is 2.17. The fourth-order valence-corrected chi connectivity index (χ4v) is 2.63. The summed E-state index contributed by atoms with van der Waals surface area (Å²) in [7, 11) is 0. The molecule has 0 aromatic carbocycles. The number of nitrogens with one attached hydrogen (secondary N) is 2. The summed E-state index contributed by atoms with van der Waals surface area (Å²) in [5.74, 6) is 0.931. The van der Waals surface area contributed by atoms with E-state index in [0.29, 0.717) is 0 Å². The quantitative estimate of drug-likeness (QED) is 0.772. The number of carbonyl (C=O) groups excluding carboxylic acids is 1. The molecule has 0 spiro atoms. The third kappa shape index (κ3) is 4.28. The maximum atomic E-state index is 11.8. The van der Waals surface area contributed by atoms with E-state index in [1.165, 1.54) is 12.8 Å². The van der Waals surface area contributed by atoms with Crippen LogP contribution < -0.4 is 10.6 Å². The molecular weight excluding hydrogens is 216 g/mol. The molecule has 2 heterocycles. The van der Waals surface area contributed by atoms with Gasteiger partial charge in [-0.3, -0.25) is 4.79 Å². The molecule has 2 fully saturated rings. The molecule has 0 unspecified atom stereocenters. The van der Waals surface area contributed by atoms with Gasteiger partial charge in [-0.15, -0.1) is 0 Å². The predicted octanol–water partition coefficient (Wildman–Crippen LogP) is 1.06. The van der Waals surface area contributed by atoms with Crippen LogP contribution in [0.4, 0.5) is 0 Å². The molecular formula is C13H24N2O2. The van der Waals surface area contributed by atoms with Crippen molar-refractivity contribution in [3.05, 3.63) is 0 Å². The molecule has 0 aliphatic carbocycles. The first-order chi connectivity index (χ1) is 8.36. The van der Waals surface area contributed by atoms with Crippen molar-refractivity contribution in [2.75, 3.05) is 26.3 Å². The zero-order chi connectivity index (χ0) is 11.9. The molecule has 2 aliphatic heterocycles. The molecule has 2 N–H and O–H groups in total. The summed E-state index contributed by atoms with van der Waals surface area (Å²) in [4.78, 5) is 11.8. The molecule has 0 aromatic rings. The molecule has 2 aliphatic rings. The smallest absolute Gasteiger partial charge is 0.237 e. The predicted molar refractivity (Wildman–Crippen MR) is 66.8 cm³/mol. The average Bonchev–Trinajstić information content (AvgIpc) is 2.41. The van der Waals surface area contributed by atoms with Crippen LogP contribution in [-0.4, -0.2) is 38.3 Å². The highest BCUT2D eigenvalue weighted by Gasteiger charge is 2.20. The number of piperidine rings is 1. The monoisotopic (exact) mass is 240 g/mol. The highest BCUT2D eigenvalue weighted by atomic mass is 16.5. The fraction of sp³-hybridized carbons (Fsp3) is 0.923. The van der Waals surface area contributed by atoms with Crippen LogP contribution >= 0.6 is 0 Å². The van der Waals surface area contributed by atoms with E-state index in [1.54, 1.807) is 0 Å². The molecule has 0 saturated carbocycles. The SMILES string of the molecule is O=C(NCCC1CCOCC1)[C@H]1CCCCN1. The first kappa shape index (κ1) is 12.8. The summed E-state index contributed by atoms with van der Waals surface area (Å²) in [6.07, 6.45) is 6.76. The first-order valence-corrected chi connectivity index (χ1v) is 6.95. The van der Waals surface area contributed by atoms with Crippen LogP contribution in [0.2, 0.25) is 0 Å². The van der Waals surface area contributed by atoms with Gasteiger partial charge in [0.25, 0.3) is 0 Å². The Hall–Kier alpha value is -0.610. The van der Waals surface area contributed by atoms with Crippen molar-refractivity contribution in [2.24, 2.45) is 5.92 Å². The van der Waals surface area contributed by atoms with Crippen LogP contribution in [0.5, 0.6) is 0 Å². The number of hydrogen-bond donors (Lipinski definition) is 2. The molecule has 1 atom stereocenters. The lowest BCUT2D eigenvalue weighted by atomic mass is 9.96. The van der Waals surface area contributed by atoms with E-state index >= 15 is 0 Å². The summed E-state index contributed by atoms with van der Waals surface area (Å²) < 4.78 is 5.32. The normalized spacial score (nSPS) is 26.7. The Morgan fingerprint density at radius 1 is 1.24 bits per heavy atom. The van der Waals surface area contributed by atoms with Gasteiger partial charge in [-0.2, -0.15) is 0 Å². The van der Waals surface area contributed by atoms with Crippen molar-refractivity contribution in [1.29, 1.82) is 0 Å². The number of amides is 1.